The Hall–Kier alpha value is -2.63. The second kappa shape index (κ2) is 7.81. The van der Waals surface area contributed by atoms with E-state index in [9.17, 15) is 9.59 Å². The monoisotopic (exact) mass is 450 g/mol. The highest BCUT2D eigenvalue weighted by Gasteiger charge is 2.51. The number of rotatable bonds is 4. The van der Waals surface area contributed by atoms with E-state index in [2.05, 4.69) is 16.8 Å². The molecule has 0 spiro atoms. The number of amides is 2. The first-order chi connectivity index (χ1) is 15.0. The second-order valence-electron chi connectivity index (χ2n) is 8.37. The minimum Gasteiger partial charge on any atom is -0.334 e. The Morgan fingerprint density at radius 2 is 1.87 bits per heavy atom. The van der Waals surface area contributed by atoms with Crippen molar-refractivity contribution in [2.45, 2.75) is 38.1 Å². The van der Waals surface area contributed by atoms with Gasteiger partial charge in [0, 0.05) is 34.2 Å². The summed E-state index contributed by atoms with van der Waals surface area (Å²) < 4.78 is 0. The van der Waals surface area contributed by atoms with Crippen LogP contribution in [0.25, 0.3) is 0 Å². The van der Waals surface area contributed by atoms with E-state index in [0.29, 0.717) is 22.8 Å². The van der Waals surface area contributed by atoms with Crippen LogP contribution in [0.15, 0.2) is 53.9 Å². The van der Waals surface area contributed by atoms with Gasteiger partial charge in [-0.2, -0.15) is 0 Å². The van der Waals surface area contributed by atoms with Crippen LogP contribution in [-0.4, -0.2) is 23.3 Å². The Labute approximate surface area is 190 Å². The minimum absolute atomic E-state index is 0.0179. The molecule has 6 heteroatoms. The Kier molecular flexibility index (Phi) is 5.11. The van der Waals surface area contributed by atoms with Crippen LogP contribution in [0.3, 0.4) is 0 Å². The van der Waals surface area contributed by atoms with E-state index in [1.54, 1.807) is 11.3 Å². The first-order valence-electron chi connectivity index (χ1n) is 10.5. The Balaban J connectivity index is 1.36. The quantitative estimate of drug-likeness (QED) is 0.564. The third-order valence-corrected chi connectivity index (χ3v) is 7.76. The number of thiophene rings is 1. The summed E-state index contributed by atoms with van der Waals surface area (Å²) in [7, 11) is 0. The van der Waals surface area contributed by atoms with Crippen molar-refractivity contribution in [2.75, 3.05) is 11.9 Å². The molecule has 4 nitrogen and oxygen atoms in total. The number of anilines is 1. The summed E-state index contributed by atoms with van der Waals surface area (Å²) in [5.41, 5.74) is 3.88. The topological polar surface area (TPSA) is 49.4 Å². The molecular formula is C25H23ClN2O2S. The molecule has 0 unspecified atom stereocenters. The largest absolute Gasteiger partial charge is 0.334 e. The van der Waals surface area contributed by atoms with Gasteiger partial charge in [-0.1, -0.05) is 29.8 Å². The number of nitrogens with zero attached hydrogens (tertiary/aromatic N) is 1. The fourth-order valence-electron chi connectivity index (χ4n) is 4.38. The number of benzene rings is 2. The molecule has 1 aliphatic heterocycles. The van der Waals surface area contributed by atoms with Crippen LogP contribution in [0, 0.1) is 6.92 Å². The van der Waals surface area contributed by atoms with Gasteiger partial charge in [-0.25, -0.2) is 0 Å². The number of fused-ring (bicyclic) bond motifs is 1. The van der Waals surface area contributed by atoms with E-state index in [0.717, 1.165) is 36.9 Å². The molecule has 1 fully saturated rings. The molecule has 31 heavy (non-hydrogen) atoms. The summed E-state index contributed by atoms with van der Waals surface area (Å²) in [6.45, 7) is 3.28. The van der Waals surface area contributed by atoms with Gasteiger partial charge >= 0.3 is 0 Å². The van der Waals surface area contributed by atoms with E-state index < -0.39 is 5.41 Å². The smallest absolute Gasteiger partial charge is 0.254 e. The van der Waals surface area contributed by atoms with Gasteiger partial charge in [0.1, 0.15) is 0 Å². The molecule has 0 saturated heterocycles. The molecule has 1 N–H and O–H groups in total. The number of hydrogen-bond donors (Lipinski definition) is 1. The van der Waals surface area contributed by atoms with Crippen LogP contribution in [0.5, 0.6) is 0 Å². The lowest BCUT2D eigenvalue weighted by Gasteiger charge is -2.28. The van der Waals surface area contributed by atoms with Crippen LogP contribution in [0.4, 0.5) is 5.69 Å². The summed E-state index contributed by atoms with van der Waals surface area (Å²) >= 11 is 7.77. The maximum atomic E-state index is 13.3. The van der Waals surface area contributed by atoms with Crippen molar-refractivity contribution in [3.63, 3.8) is 0 Å². The van der Waals surface area contributed by atoms with Gasteiger partial charge in [0.25, 0.3) is 5.91 Å². The zero-order valence-corrected chi connectivity index (χ0v) is 18.9. The molecule has 0 bridgehead atoms. The number of hydrogen-bond acceptors (Lipinski definition) is 3. The molecule has 2 aliphatic rings. The van der Waals surface area contributed by atoms with Crippen molar-refractivity contribution >= 4 is 40.4 Å². The molecule has 158 valence electrons. The third kappa shape index (κ3) is 3.66. The van der Waals surface area contributed by atoms with Crippen LogP contribution < -0.4 is 5.32 Å². The van der Waals surface area contributed by atoms with Crippen molar-refractivity contribution in [2.24, 2.45) is 0 Å². The zero-order valence-electron chi connectivity index (χ0n) is 17.3. The first-order valence-corrected chi connectivity index (χ1v) is 11.8. The summed E-state index contributed by atoms with van der Waals surface area (Å²) in [6.07, 6.45) is 2.53. The van der Waals surface area contributed by atoms with Crippen molar-refractivity contribution in [1.29, 1.82) is 0 Å². The fraction of sp³-hybridized carbons (Fsp3) is 0.280. The van der Waals surface area contributed by atoms with E-state index in [-0.39, 0.29) is 11.8 Å². The summed E-state index contributed by atoms with van der Waals surface area (Å²) in [6, 6.07) is 15.2. The molecule has 1 aromatic heterocycles. The van der Waals surface area contributed by atoms with E-state index >= 15 is 0 Å². The fourth-order valence-corrected chi connectivity index (χ4v) is 5.39. The Morgan fingerprint density at radius 1 is 1.10 bits per heavy atom. The summed E-state index contributed by atoms with van der Waals surface area (Å²) in [5, 5.41) is 5.85. The average molecular weight is 451 g/mol. The maximum absolute atomic E-state index is 13.3. The van der Waals surface area contributed by atoms with Gasteiger partial charge in [-0.15, -0.1) is 11.3 Å². The van der Waals surface area contributed by atoms with Gasteiger partial charge in [-0.05, 0) is 78.6 Å². The molecule has 3 aromatic rings. The SMILES string of the molecule is Cc1c(NC(=O)C2(c3ccc(Cl)cc3)CC2)cccc1C(=O)N1CCc2sccc2C1. The summed E-state index contributed by atoms with van der Waals surface area (Å²) in [4.78, 5) is 29.7. The molecular weight excluding hydrogens is 428 g/mol. The molecule has 1 saturated carbocycles. The number of carbonyl (C=O) groups excluding carboxylic acids is 2. The highest BCUT2D eigenvalue weighted by molar-refractivity contribution is 7.10. The van der Waals surface area contributed by atoms with Crippen LogP contribution in [0.2, 0.25) is 5.02 Å². The van der Waals surface area contributed by atoms with E-state index in [4.69, 9.17) is 11.6 Å². The highest BCUT2D eigenvalue weighted by atomic mass is 35.5. The molecule has 2 aromatic carbocycles. The molecule has 0 radical (unpaired) electrons. The lowest BCUT2D eigenvalue weighted by atomic mass is 9.94. The predicted molar refractivity (Wildman–Crippen MR) is 125 cm³/mol. The van der Waals surface area contributed by atoms with Crippen molar-refractivity contribution in [3.05, 3.63) is 86.1 Å². The first kappa shape index (κ1) is 20.3. The van der Waals surface area contributed by atoms with E-state index in [1.807, 2.05) is 54.3 Å². The zero-order chi connectivity index (χ0) is 21.6. The molecule has 1 aliphatic carbocycles. The third-order valence-electron chi connectivity index (χ3n) is 6.49. The Morgan fingerprint density at radius 3 is 2.61 bits per heavy atom. The molecule has 5 rings (SSSR count). The average Bonchev–Trinajstić information content (AvgIpc) is 3.45. The van der Waals surface area contributed by atoms with Crippen molar-refractivity contribution in [3.8, 4) is 0 Å². The van der Waals surface area contributed by atoms with Gasteiger partial charge in [0.05, 0.1) is 5.41 Å². The van der Waals surface area contributed by atoms with Gasteiger partial charge < -0.3 is 10.2 Å². The van der Waals surface area contributed by atoms with Crippen LogP contribution >= 0.6 is 22.9 Å². The number of nitrogens with one attached hydrogen (secondary N) is 1. The molecule has 2 heterocycles. The second-order valence-corrected chi connectivity index (χ2v) is 9.80. The molecule has 0 atom stereocenters. The van der Waals surface area contributed by atoms with Crippen molar-refractivity contribution in [1.82, 2.24) is 4.90 Å². The lowest BCUT2D eigenvalue weighted by Crippen LogP contribution is -2.36. The van der Waals surface area contributed by atoms with Crippen LogP contribution in [-0.2, 0) is 23.2 Å². The summed E-state index contributed by atoms with van der Waals surface area (Å²) in [5.74, 6) is -0.00676. The standard InChI is InChI=1S/C25H23ClN2O2S/c1-16-20(23(29)28-13-9-22-17(15-28)10-14-31-22)3-2-4-21(16)27-24(30)25(11-12-25)18-5-7-19(26)8-6-18/h2-8,10,14H,9,11-13,15H2,1H3,(H,27,30). The maximum Gasteiger partial charge on any atom is 0.254 e. The highest BCUT2D eigenvalue weighted by Crippen LogP contribution is 2.49. The Bertz CT molecular complexity index is 1160. The molecule has 2 amide bonds. The van der Waals surface area contributed by atoms with Crippen LogP contribution in [0.1, 0.15) is 44.8 Å². The number of halogens is 1. The lowest BCUT2D eigenvalue weighted by molar-refractivity contribution is -0.118. The normalized spacial score (nSPS) is 16.5. The van der Waals surface area contributed by atoms with Gasteiger partial charge in [0.15, 0.2) is 0 Å². The van der Waals surface area contributed by atoms with Crippen molar-refractivity contribution < 1.29 is 9.59 Å². The predicted octanol–water partition coefficient (Wildman–Crippen LogP) is 5.58. The van der Waals surface area contributed by atoms with Gasteiger partial charge in [-0.3, -0.25) is 9.59 Å². The minimum atomic E-state index is -0.501. The van der Waals surface area contributed by atoms with E-state index in [1.165, 1.54) is 10.4 Å². The number of carbonyl (C=O) groups is 2. The van der Waals surface area contributed by atoms with Gasteiger partial charge in [0.2, 0.25) is 5.91 Å².